The fourth-order valence-electron chi connectivity index (χ4n) is 1.99. The van der Waals surface area contributed by atoms with E-state index in [0.717, 1.165) is 25.2 Å². The molecule has 0 unspecified atom stereocenters. The molecule has 0 bridgehead atoms. The van der Waals surface area contributed by atoms with Crippen molar-refractivity contribution >= 4 is 11.5 Å². The Hall–Kier alpha value is -1.69. The largest absolute Gasteiger partial charge is 0.382 e. The van der Waals surface area contributed by atoms with Gasteiger partial charge in [0.1, 0.15) is 0 Å². The maximum atomic E-state index is 10.4. The van der Waals surface area contributed by atoms with Gasteiger partial charge in [0.2, 0.25) is 0 Å². The predicted octanol–water partition coefficient (Wildman–Crippen LogP) is 1.54. The van der Waals surface area contributed by atoms with E-state index in [1.165, 1.54) is 25.1 Å². The fourth-order valence-corrected chi connectivity index (χ4v) is 1.99. The maximum Gasteiger partial charge on any atom is 0.363 e. The summed E-state index contributed by atoms with van der Waals surface area (Å²) in [6.45, 7) is 1.97. The van der Waals surface area contributed by atoms with Crippen molar-refractivity contribution in [3.05, 3.63) is 28.4 Å². The second-order valence-corrected chi connectivity index (χ2v) is 4.17. The Balaban J connectivity index is 1.76. The molecule has 6 nitrogen and oxygen atoms in total. The number of nitrogens with one attached hydrogen (secondary N) is 2. The molecule has 1 saturated heterocycles. The van der Waals surface area contributed by atoms with Crippen LogP contribution in [0.25, 0.3) is 0 Å². The smallest absolute Gasteiger partial charge is 0.363 e. The summed E-state index contributed by atoms with van der Waals surface area (Å²) in [5.74, 6) is -0.118. The van der Waals surface area contributed by atoms with Crippen molar-refractivity contribution in [1.82, 2.24) is 10.3 Å². The lowest BCUT2D eigenvalue weighted by molar-refractivity contribution is -0.389. The molecule has 0 amide bonds. The van der Waals surface area contributed by atoms with Crippen LogP contribution in [0, 0.1) is 10.1 Å². The molecule has 1 aromatic rings. The van der Waals surface area contributed by atoms with Gasteiger partial charge < -0.3 is 20.7 Å². The quantitative estimate of drug-likeness (QED) is 0.598. The zero-order valence-corrected chi connectivity index (χ0v) is 9.56. The van der Waals surface area contributed by atoms with Crippen molar-refractivity contribution in [1.29, 1.82) is 0 Å². The molecule has 2 rings (SSSR count). The highest BCUT2D eigenvalue weighted by molar-refractivity contribution is 5.43. The first-order chi connectivity index (χ1) is 8.25. The average Bonchev–Trinajstić information content (AvgIpc) is 2.83. The summed E-state index contributed by atoms with van der Waals surface area (Å²) < 4.78 is 0. The van der Waals surface area contributed by atoms with Gasteiger partial charge in [-0.1, -0.05) is 0 Å². The Morgan fingerprint density at radius 2 is 2.47 bits per heavy atom. The molecule has 1 fully saturated rings. The molecule has 0 radical (unpaired) electrons. The Kier molecular flexibility index (Phi) is 3.87. The van der Waals surface area contributed by atoms with Gasteiger partial charge >= 0.3 is 5.82 Å². The molecule has 0 aliphatic carbocycles. The first-order valence-corrected chi connectivity index (χ1v) is 5.83. The van der Waals surface area contributed by atoms with E-state index in [1.807, 2.05) is 0 Å². The van der Waals surface area contributed by atoms with E-state index in [1.54, 1.807) is 6.07 Å². The van der Waals surface area contributed by atoms with Crippen LogP contribution in [0.5, 0.6) is 0 Å². The highest BCUT2D eigenvalue weighted by Crippen LogP contribution is 2.12. The summed E-state index contributed by atoms with van der Waals surface area (Å²) in [7, 11) is 0. The van der Waals surface area contributed by atoms with Gasteiger partial charge in [-0.3, -0.25) is 0 Å². The molecule has 92 valence electrons. The maximum absolute atomic E-state index is 10.4. The molecule has 1 aliphatic heterocycles. The molecule has 6 heteroatoms. The molecule has 1 aliphatic rings. The number of nitrogens with zero attached hydrogens (tertiary/aromatic N) is 2. The van der Waals surface area contributed by atoms with Crippen LogP contribution in [-0.2, 0) is 0 Å². The third-order valence-electron chi connectivity index (χ3n) is 2.92. The van der Waals surface area contributed by atoms with E-state index < -0.39 is 4.92 Å². The molecule has 17 heavy (non-hydrogen) atoms. The third-order valence-corrected chi connectivity index (χ3v) is 2.92. The van der Waals surface area contributed by atoms with Crippen molar-refractivity contribution in [2.24, 2.45) is 0 Å². The van der Waals surface area contributed by atoms with Gasteiger partial charge in [0.05, 0.1) is 5.69 Å². The van der Waals surface area contributed by atoms with Gasteiger partial charge in [-0.25, -0.2) is 0 Å². The topological polar surface area (TPSA) is 80.1 Å². The minimum atomic E-state index is -0.494. The Bertz CT molecular complexity index is 374. The standard InChI is InChI=1S/C11H16N4O2/c16-15(17)11-4-3-10(8-14-11)13-7-5-9-2-1-6-12-9/h3-4,8-9,12-13H,1-2,5-7H2/t9-/m0/s1. The number of nitro groups is 1. The number of pyridine rings is 1. The van der Waals surface area contributed by atoms with E-state index >= 15 is 0 Å². The lowest BCUT2D eigenvalue weighted by atomic mass is 10.1. The van der Waals surface area contributed by atoms with Gasteiger partial charge in [0.15, 0.2) is 6.20 Å². The highest BCUT2D eigenvalue weighted by atomic mass is 16.6. The molecule has 1 aromatic heterocycles. The minimum Gasteiger partial charge on any atom is -0.382 e. The number of aromatic nitrogens is 1. The molecule has 0 spiro atoms. The predicted molar refractivity (Wildman–Crippen MR) is 65.0 cm³/mol. The van der Waals surface area contributed by atoms with Gasteiger partial charge in [-0.05, 0) is 41.8 Å². The molecular weight excluding hydrogens is 220 g/mol. The summed E-state index contributed by atoms with van der Waals surface area (Å²) in [4.78, 5) is 13.7. The number of hydrogen-bond acceptors (Lipinski definition) is 5. The highest BCUT2D eigenvalue weighted by Gasteiger charge is 2.13. The van der Waals surface area contributed by atoms with Crippen LogP contribution in [0.3, 0.4) is 0 Å². The van der Waals surface area contributed by atoms with Crippen molar-refractivity contribution in [3.8, 4) is 0 Å². The monoisotopic (exact) mass is 236 g/mol. The second kappa shape index (κ2) is 5.58. The van der Waals surface area contributed by atoms with Gasteiger partial charge in [0.25, 0.3) is 0 Å². The van der Waals surface area contributed by atoms with E-state index in [9.17, 15) is 10.1 Å². The summed E-state index contributed by atoms with van der Waals surface area (Å²) in [6, 6.07) is 3.71. The molecule has 0 aromatic carbocycles. The Morgan fingerprint density at radius 1 is 1.59 bits per heavy atom. The summed E-state index contributed by atoms with van der Waals surface area (Å²) in [5.41, 5.74) is 0.827. The fraction of sp³-hybridized carbons (Fsp3) is 0.545. The summed E-state index contributed by atoms with van der Waals surface area (Å²) >= 11 is 0. The lowest BCUT2D eigenvalue weighted by Gasteiger charge is -2.10. The molecular formula is C11H16N4O2. The van der Waals surface area contributed by atoms with Crippen LogP contribution >= 0.6 is 0 Å². The van der Waals surface area contributed by atoms with Crippen LogP contribution < -0.4 is 10.6 Å². The van der Waals surface area contributed by atoms with Crippen molar-refractivity contribution in [2.75, 3.05) is 18.4 Å². The first-order valence-electron chi connectivity index (χ1n) is 5.83. The number of anilines is 1. The number of hydrogen-bond donors (Lipinski definition) is 2. The summed E-state index contributed by atoms with van der Waals surface area (Å²) in [5, 5.41) is 17.0. The van der Waals surface area contributed by atoms with E-state index in [4.69, 9.17) is 0 Å². The zero-order chi connectivity index (χ0) is 12.1. The average molecular weight is 236 g/mol. The zero-order valence-electron chi connectivity index (χ0n) is 9.56. The first kappa shape index (κ1) is 11.8. The normalized spacial score (nSPS) is 19.2. The minimum absolute atomic E-state index is 0.118. The third kappa shape index (κ3) is 3.39. The lowest BCUT2D eigenvalue weighted by Crippen LogP contribution is -2.24. The van der Waals surface area contributed by atoms with E-state index in [0.29, 0.717) is 6.04 Å². The van der Waals surface area contributed by atoms with E-state index in [-0.39, 0.29) is 5.82 Å². The molecule has 1 atom stereocenters. The van der Waals surface area contributed by atoms with Gasteiger partial charge in [-0.15, -0.1) is 0 Å². The molecule has 0 saturated carbocycles. The van der Waals surface area contributed by atoms with Crippen molar-refractivity contribution < 1.29 is 4.92 Å². The number of rotatable bonds is 5. The second-order valence-electron chi connectivity index (χ2n) is 4.17. The van der Waals surface area contributed by atoms with Gasteiger partial charge in [0, 0.05) is 18.7 Å². The van der Waals surface area contributed by atoms with Crippen LogP contribution in [0.2, 0.25) is 0 Å². The van der Waals surface area contributed by atoms with Crippen LogP contribution in [-0.4, -0.2) is 29.0 Å². The van der Waals surface area contributed by atoms with Crippen molar-refractivity contribution in [3.63, 3.8) is 0 Å². The molecule has 2 heterocycles. The SMILES string of the molecule is O=[N+]([O-])c1ccc(NCC[C@@H]2CCCN2)cn1. The Labute approximate surface area is 99.6 Å². The van der Waals surface area contributed by atoms with Crippen LogP contribution in [0.4, 0.5) is 11.5 Å². The van der Waals surface area contributed by atoms with Crippen LogP contribution in [0.15, 0.2) is 18.3 Å². The van der Waals surface area contributed by atoms with Crippen LogP contribution in [0.1, 0.15) is 19.3 Å². The van der Waals surface area contributed by atoms with Crippen molar-refractivity contribution in [2.45, 2.75) is 25.3 Å². The molecule has 2 N–H and O–H groups in total. The van der Waals surface area contributed by atoms with Gasteiger partial charge in [-0.2, -0.15) is 0 Å². The summed E-state index contributed by atoms with van der Waals surface area (Å²) in [6.07, 6.45) is 5.06. The Morgan fingerprint density at radius 3 is 3.06 bits per heavy atom. The van der Waals surface area contributed by atoms with E-state index in [2.05, 4.69) is 15.6 Å².